The fraction of sp³-hybridized carbons (Fsp3) is 0.400. The van der Waals surface area contributed by atoms with Gasteiger partial charge in [-0.2, -0.15) is 5.10 Å². The normalized spacial score (nSPS) is 10.9. The first-order valence-electron chi connectivity index (χ1n) is 6.67. The molecule has 0 aliphatic rings. The van der Waals surface area contributed by atoms with Crippen molar-refractivity contribution in [3.8, 4) is 0 Å². The maximum Gasteiger partial charge on any atom is 0.0670 e. The lowest BCUT2D eigenvalue weighted by Crippen LogP contribution is -2.13. The van der Waals surface area contributed by atoms with Crippen LogP contribution in [0.2, 0.25) is 0 Å². The number of nitrogens with zero attached hydrogens (tertiary/aromatic N) is 2. The minimum Gasteiger partial charge on any atom is -0.313 e. The van der Waals surface area contributed by atoms with Gasteiger partial charge in [-0.1, -0.05) is 41.1 Å². The zero-order valence-electron chi connectivity index (χ0n) is 11.5. The molecule has 4 heteroatoms. The standard InChI is InChI=1S/C15H20BrN3/c1-3-8-17-9-14-11-19(18-12(14)2)10-13-6-4-5-7-15(13)16/h4-7,11,17H,3,8-10H2,1-2H3. The average molecular weight is 322 g/mol. The van der Waals surface area contributed by atoms with Crippen molar-refractivity contribution in [1.29, 1.82) is 0 Å². The predicted molar refractivity (Wildman–Crippen MR) is 82.2 cm³/mol. The highest BCUT2D eigenvalue weighted by atomic mass is 79.9. The lowest BCUT2D eigenvalue weighted by molar-refractivity contribution is 0.668. The fourth-order valence-electron chi connectivity index (χ4n) is 2.01. The summed E-state index contributed by atoms with van der Waals surface area (Å²) in [5, 5.41) is 8.00. The van der Waals surface area contributed by atoms with Gasteiger partial charge >= 0.3 is 0 Å². The number of aromatic nitrogens is 2. The molecular formula is C15H20BrN3. The van der Waals surface area contributed by atoms with Crippen molar-refractivity contribution in [3.63, 3.8) is 0 Å². The topological polar surface area (TPSA) is 29.9 Å². The van der Waals surface area contributed by atoms with Crippen LogP contribution < -0.4 is 5.32 Å². The number of benzene rings is 1. The quantitative estimate of drug-likeness (QED) is 0.825. The first-order chi connectivity index (χ1) is 9.20. The summed E-state index contributed by atoms with van der Waals surface area (Å²) < 4.78 is 3.15. The molecule has 1 N–H and O–H groups in total. The summed E-state index contributed by atoms with van der Waals surface area (Å²) in [4.78, 5) is 0. The van der Waals surface area contributed by atoms with Crippen LogP contribution in [-0.4, -0.2) is 16.3 Å². The van der Waals surface area contributed by atoms with E-state index >= 15 is 0 Å². The molecule has 3 nitrogen and oxygen atoms in total. The summed E-state index contributed by atoms with van der Waals surface area (Å²) in [5.74, 6) is 0. The lowest BCUT2D eigenvalue weighted by atomic mass is 10.2. The number of nitrogens with one attached hydrogen (secondary N) is 1. The van der Waals surface area contributed by atoms with Crippen molar-refractivity contribution in [2.75, 3.05) is 6.54 Å². The SMILES string of the molecule is CCCNCc1cn(Cc2ccccc2Br)nc1C. The highest BCUT2D eigenvalue weighted by Crippen LogP contribution is 2.17. The lowest BCUT2D eigenvalue weighted by Gasteiger charge is -2.04. The molecule has 0 bridgehead atoms. The second-order valence-corrected chi connectivity index (χ2v) is 5.56. The smallest absolute Gasteiger partial charge is 0.0670 e. The Balaban J connectivity index is 2.06. The summed E-state index contributed by atoms with van der Waals surface area (Å²) in [6.07, 6.45) is 3.29. The minimum atomic E-state index is 0.802. The first-order valence-corrected chi connectivity index (χ1v) is 7.47. The van der Waals surface area contributed by atoms with Gasteiger partial charge in [-0.3, -0.25) is 4.68 Å². The van der Waals surface area contributed by atoms with E-state index in [-0.39, 0.29) is 0 Å². The Labute approximate surface area is 123 Å². The van der Waals surface area contributed by atoms with Crippen molar-refractivity contribution >= 4 is 15.9 Å². The molecule has 0 atom stereocenters. The van der Waals surface area contributed by atoms with Crippen LogP contribution >= 0.6 is 15.9 Å². The summed E-state index contributed by atoms with van der Waals surface area (Å²) >= 11 is 3.58. The maximum atomic E-state index is 4.58. The molecule has 0 unspecified atom stereocenters. The third-order valence-electron chi connectivity index (χ3n) is 3.08. The largest absolute Gasteiger partial charge is 0.313 e. The Morgan fingerprint density at radius 1 is 1.26 bits per heavy atom. The highest BCUT2D eigenvalue weighted by Gasteiger charge is 2.06. The molecule has 0 spiro atoms. The predicted octanol–water partition coefficient (Wildman–Crippen LogP) is 3.50. The van der Waals surface area contributed by atoms with Gasteiger partial charge in [-0.15, -0.1) is 0 Å². The molecule has 1 heterocycles. The molecule has 19 heavy (non-hydrogen) atoms. The van der Waals surface area contributed by atoms with Gasteiger partial charge in [-0.05, 0) is 31.5 Å². The number of hydrogen-bond acceptors (Lipinski definition) is 2. The number of halogens is 1. The number of hydrogen-bond donors (Lipinski definition) is 1. The van der Waals surface area contributed by atoms with Gasteiger partial charge in [0.1, 0.15) is 0 Å². The second kappa shape index (κ2) is 6.87. The molecule has 2 rings (SSSR count). The Hall–Kier alpha value is -1.13. The zero-order chi connectivity index (χ0) is 13.7. The molecule has 0 aliphatic heterocycles. The van der Waals surface area contributed by atoms with E-state index in [4.69, 9.17) is 0 Å². The Morgan fingerprint density at radius 3 is 2.79 bits per heavy atom. The number of rotatable bonds is 6. The van der Waals surface area contributed by atoms with Gasteiger partial charge in [0.2, 0.25) is 0 Å². The van der Waals surface area contributed by atoms with Crippen LogP contribution in [0.5, 0.6) is 0 Å². The summed E-state index contributed by atoms with van der Waals surface area (Å²) in [7, 11) is 0. The van der Waals surface area contributed by atoms with Crippen LogP contribution in [0.1, 0.15) is 30.2 Å². The second-order valence-electron chi connectivity index (χ2n) is 4.71. The van der Waals surface area contributed by atoms with E-state index in [9.17, 15) is 0 Å². The van der Waals surface area contributed by atoms with E-state index in [2.05, 4.69) is 64.6 Å². The first kappa shape index (κ1) is 14.3. The third kappa shape index (κ3) is 3.91. The van der Waals surface area contributed by atoms with Gasteiger partial charge in [0.25, 0.3) is 0 Å². The van der Waals surface area contributed by atoms with Crippen LogP contribution in [0.25, 0.3) is 0 Å². The van der Waals surface area contributed by atoms with Crippen LogP contribution in [0.4, 0.5) is 0 Å². The Morgan fingerprint density at radius 2 is 2.05 bits per heavy atom. The van der Waals surface area contributed by atoms with E-state index in [1.165, 1.54) is 11.1 Å². The van der Waals surface area contributed by atoms with Crippen molar-refractivity contribution < 1.29 is 0 Å². The molecule has 0 saturated carbocycles. The molecule has 102 valence electrons. The Bertz CT molecular complexity index is 534. The van der Waals surface area contributed by atoms with Crippen LogP contribution in [0, 0.1) is 6.92 Å². The summed E-state index contributed by atoms with van der Waals surface area (Å²) in [6, 6.07) is 8.27. The van der Waals surface area contributed by atoms with E-state index in [0.717, 1.165) is 36.2 Å². The molecule has 2 aromatic rings. The van der Waals surface area contributed by atoms with Crippen LogP contribution in [0.3, 0.4) is 0 Å². The van der Waals surface area contributed by atoms with Gasteiger partial charge in [0.15, 0.2) is 0 Å². The average Bonchev–Trinajstić information content (AvgIpc) is 2.73. The molecule has 0 amide bonds. The summed E-state index contributed by atoms with van der Waals surface area (Å²) in [5.41, 5.74) is 3.63. The van der Waals surface area contributed by atoms with Gasteiger partial charge in [0.05, 0.1) is 12.2 Å². The zero-order valence-corrected chi connectivity index (χ0v) is 13.1. The van der Waals surface area contributed by atoms with Gasteiger partial charge in [-0.25, -0.2) is 0 Å². The molecule has 1 aromatic heterocycles. The van der Waals surface area contributed by atoms with Crippen molar-refractivity contribution in [2.45, 2.75) is 33.4 Å². The van der Waals surface area contributed by atoms with E-state index in [1.807, 2.05) is 10.7 Å². The number of aryl methyl sites for hydroxylation is 1. The molecule has 0 radical (unpaired) electrons. The third-order valence-corrected chi connectivity index (χ3v) is 3.85. The van der Waals surface area contributed by atoms with Crippen LogP contribution in [0.15, 0.2) is 34.9 Å². The van der Waals surface area contributed by atoms with Gasteiger partial charge < -0.3 is 5.32 Å². The Kier molecular flexibility index (Phi) is 5.16. The van der Waals surface area contributed by atoms with E-state index in [1.54, 1.807) is 0 Å². The molecule has 1 aromatic carbocycles. The molecule has 0 aliphatic carbocycles. The fourth-order valence-corrected chi connectivity index (χ4v) is 2.42. The minimum absolute atomic E-state index is 0.802. The molecule has 0 saturated heterocycles. The van der Waals surface area contributed by atoms with Crippen molar-refractivity contribution in [3.05, 3.63) is 51.8 Å². The van der Waals surface area contributed by atoms with E-state index < -0.39 is 0 Å². The van der Waals surface area contributed by atoms with Crippen molar-refractivity contribution in [2.24, 2.45) is 0 Å². The molecule has 0 fully saturated rings. The van der Waals surface area contributed by atoms with Crippen LogP contribution in [-0.2, 0) is 13.1 Å². The summed E-state index contributed by atoms with van der Waals surface area (Å²) in [6.45, 7) is 7.00. The monoisotopic (exact) mass is 321 g/mol. The molecular weight excluding hydrogens is 302 g/mol. The highest BCUT2D eigenvalue weighted by molar-refractivity contribution is 9.10. The van der Waals surface area contributed by atoms with E-state index in [0.29, 0.717) is 0 Å². The van der Waals surface area contributed by atoms with Crippen molar-refractivity contribution in [1.82, 2.24) is 15.1 Å². The van der Waals surface area contributed by atoms with Gasteiger partial charge in [0, 0.05) is 22.8 Å². The maximum absolute atomic E-state index is 4.58.